The second-order valence-corrected chi connectivity index (χ2v) is 4.47. The van der Waals surface area contributed by atoms with E-state index in [1.54, 1.807) is 18.2 Å². The van der Waals surface area contributed by atoms with Crippen LogP contribution in [0.3, 0.4) is 0 Å². The topological polar surface area (TPSA) is 58.6 Å². The number of carboxylic acids is 1. The van der Waals surface area contributed by atoms with Gasteiger partial charge in [-0.1, -0.05) is 6.07 Å². The van der Waals surface area contributed by atoms with E-state index in [-0.39, 0.29) is 11.7 Å². The van der Waals surface area contributed by atoms with Crippen molar-refractivity contribution < 1.29 is 14.6 Å². The Labute approximate surface area is 109 Å². The van der Waals surface area contributed by atoms with Crippen LogP contribution in [0.2, 0.25) is 0 Å². The van der Waals surface area contributed by atoms with E-state index < -0.39 is 5.97 Å². The van der Waals surface area contributed by atoms with E-state index in [9.17, 15) is 4.79 Å². The summed E-state index contributed by atoms with van der Waals surface area (Å²) in [6, 6.07) is 5.25. The molecule has 0 saturated heterocycles. The molecule has 0 aromatic heterocycles. The molecule has 0 radical (unpaired) electrons. The molecular weight excluding hydrogens is 286 g/mol. The van der Waals surface area contributed by atoms with Crippen molar-refractivity contribution in [3.8, 4) is 0 Å². The summed E-state index contributed by atoms with van der Waals surface area (Å²) in [7, 11) is 0. The maximum absolute atomic E-state index is 11.1. The van der Waals surface area contributed by atoms with Crippen molar-refractivity contribution in [1.29, 1.82) is 0 Å². The number of rotatable bonds is 6. The summed E-state index contributed by atoms with van der Waals surface area (Å²) in [6.07, 6.45) is 0.0422. The van der Waals surface area contributed by atoms with Gasteiger partial charge in [-0.2, -0.15) is 0 Å². The Bertz CT molecular complexity index is 395. The SMILES string of the molecule is CCOC(C)CNc1cccc(Br)c1C(=O)O. The molecule has 0 spiro atoms. The van der Waals surface area contributed by atoms with Crippen LogP contribution >= 0.6 is 15.9 Å². The van der Waals surface area contributed by atoms with Crippen LogP contribution in [-0.4, -0.2) is 30.3 Å². The molecule has 17 heavy (non-hydrogen) atoms. The minimum atomic E-state index is -0.955. The lowest BCUT2D eigenvalue weighted by Crippen LogP contribution is -2.21. The molecule has 0 heterocycles. The van der Waals surface area contributed by atoms with Crippen molar-refractivity contribution in [3.05, 3.63) is 28.2 Å². The highest BCUT2D eigenvalue weighted by Gasteiger charge is 2.14. The summed E-state index contributed by atoms with van der Waals surface area (Å²) in [5, 5.41) is 12.2. The van der Waals surface area contributed by atoms with Crippen molar-refractivity contribution in [3.63, 3.8) is 0 Å². The van der Waals surface area contributed by atoms with E-state index in [4.69, 9.17) is 9.84 Å². The number of aromatic carboxylic acids is 1. The van der Waals surface area contributed by atoms with Crippen LogP contribution < -0.4 is 5.32 Å². The lowest BCUT2D eigenvalue weighted by Gasteiger charge is -2.15. The molecule has 0 aliphatic rings. The van der Waals surface area contributed by atoms with Crippen molar-refractivity contribution >= 4 is 27.6 Å². The molecule has 0 aliphatic heterocycles. The van der Waals surface area contributed by atoms with E-state index in [1.165, 1.54) is 0 Å². The molecule has 4 nitrogen and oxygen atoms in total. The summed E-state index contributed by atoms with van der Waals surface area (Å²) in [5.41, 5.74) is 0.842. The largest absolute Gasteiger partial charge is 0.478 e. The summed E-state index contributed by atoms with van der Waals surface area (Å²) in [5.74, 6) is -0.955. The van der Waals surface area contributed by atoms with Crippen LogP contribution in [0.25, 0.3) is 0 Å². The highest BCUT2D eigenvalue weighted by molar-refractivity contribution is 9.10. The first kappa shape index (κ1) is 14.0. The fraction of sp³-hybridized carbons (Fsp3) is 0.417. The van der Waals surface area contributed by atoms with Gasteiger partial charge >= 0.3 is 5.97 Å². The summed E-state index contributed by atoms with van der Waals surface area (Å²) in [4.78, 5) is 11.1. The fourth-order valence-electron chi connectivity index (χ4n) is 1.49. The van der Waals surface area contributed by atoms with Crippen LogP contribution in [0.4, 0.5) is 5.69 Å². The third kappa shape index (κ3) is 4.02. The van der Waals surface area contributed by atoms with E-state index in [1.807, 2.05) is 13.8 Å². The zero-order valence-electron chi connectivity index (χ0n) is 9.87. The van der Waals surface area contributed by atoms with Crippen molar-refractivity contribution in [1.82, 2.24) is 0 Å². The number of nitrogens with one attached hydrogen (secondary N) is 1. The standard InChI is InChI=1S/C12H16BrNO3/c1-3-17-8(2)7-14-10-6-4-5-9(13)11(10)12(15)16/h4-6,8,14H,3,7H2,1-2H3,(H,15,16). The zero-order valence-corrected chi connectivity index (χ0v) is 11.5. The summed E-state index contributed by atoms with van der Waals surface area (Å²) >= 11 is 3.23. The first-order chi connectivity index (χ1) is 8.06. The third-order valence-electron chi connectivity index (χ3n) is 2.26. The van der Waals surface area contributed by atoms with E-state index in [2.05, 4.69) is 21.2 Å². The minimum Gasteiger partial charge on any atom is -0.478 e. The lowest BCUT2D eigenvalue weighted by molar-refractivity contribution is 0.0695. The van der Waals surface area contributed by atoms with Gasteiger partial charge in [-0.05, 0) is 41.9 Å². The van der Waals surface area contributed by atoms with Crippen LogP contribution in [0.15, 0.2) is 22.7 Å². The molecule has 0 fully saturated rings. The van der Waals surface area contributed by atoms with Gasteiger partial charge in [-0.3, -0.25) is 0 Å². The number of benzene rings is 1. The lowest BCUT2D eigenvalue weighted by atomic mass is 10.1. The van der Waals surface area contributed by atoms with Gasteiger partial charge in [0.2, 0.25) is 0 Å². The number of carboxylic acid groups (broad SMARTS) is 1. The summed E-state index contributed by atoms with van der Waals surface area (Å²) in [6.45, 7) is 5.09. The van der Waals surface area contributed by atoms with E-state index in [0.29, 0.717) is 23.3 Å². The smallest absolute Gasteiger partial charge is 0.338 e. The number of hydrogen-bond donors (Lipinski definition) is 2. The maximum Gasteiger partial charge on any atom is 0.338 e. The van der Waals surface area contributed by atoms with Crippen molar-refractivity contribution in [2.75, 3.05) is 18.5 Å². The highest BCUT2D eigenvalue weighted by atomic mass is 79.9. The molecule has 0 bridgehead atoms. The maximum atomic E-state index is 11.1. The Morgan fingerprint density at radius 3 is 2.88 bits per heavy atom. The number of carbonyl (C=O) groups is 1. The minimum absolute atomic E-state index is 0.0422. The van der Waals surface area contributed by atoms with Gasteiger partial charge < -0.3 is 15.2 Å². The third-order valence-corrected chi connectivity index (χ3v) is 2.92. The Morgan fingerprint density at radius 2 is 2.29 bits per heavy atom. The van der Waals surface area contributed by atoms with Gasteiger partial charge in [0.05, 0.1) is 11.7 Å². The van der Waals surface area contributed by atoms with Crippen LogP contribution in [0.5, 0.6) is 0 Å². The predicted octanol–water partition coefficient (Wildman–Crippen LogP) is 2.98. The number of anilines is 1. The number of hydrogen-bond acceptors (Lipinski definition) is 3. The molecule has 1 aromatic rings. The van der Waals surface area contributed by atoms with Crippen LogP contribution in [0, 0.1) is 0 Å². The van der Waals surface area contributed by atoms with E-state index in [0.717, 1.165) is 0 Å². The monoisotopic (exact) mass is 301 g/mol. The normalized spacial score (nSPS) is 12.2. The van der Waals surface area contributed by atoms with Crippen molar-refractivity contribution in [2.45, 2.75) is 20.0 Å². The quantitative estimate of drug-likeness (QED) is 0.848. The van der Waals surface area contributed by atoms with Gasteiger partial charge in [0.1, 0.15) is 0 Å². The molecule has 1 aromatic carbocycles. The molecule has 5 heteroatoms. The van der Waals surface area contributed by atoms with Crippen molar-refractivity contribution in [2.24, 2.45) is 0 Å². The molecule has 0 amide bonds. The average Bonchev–Trinajstić information content (AvgIpc) is 2.26. The van der Waals surface area contributed by atoms with Gasteiger partial charge in [0, 0.05) is 23.3 Å². The molecule has 0 saturated carbocycles. The second kappa shape index (κ2) is 6.61. The van der Waals surface area contributed by atoms with Gasteiger partial charge in [0.25, 0.3) is 0 Å². The van der Waals surface area contributed by atoms with Gasteiger partial charge in [-0.15, -0.1) is 0 Å². The van der Waals surface area contributed by atoms with E-state index >= 15 is 0 Å². The van der Waals surface area contributed by atoms with Gasteiger partial charge in [-0.25, -0.2) is 4.79 Å². The second-order valence-electron chi connectivity index (χ2n) is 3.61. The Balaban J connectivity index is 2.77. The number of halogens is 1. The first-order valence-corrected chi connectivity index (χ1v) is 6.22. The Kier molecular flexibility index (Phi) is 5.44. The predicted molar refractivity (Wildman–Crippen MR) is 70.7 cm³/mol. The molecule has 1 unspecified atom stereocenters. The molecular formula is C12H16BrNO3. The Morgan fingerprint density at radius 1 is 1.59 bits per heavy atom. The zero-order chi connectivity index (χ0) is 12.8. The van der Waals surface area contributed by atoms with Crippen LogP contribution in [0.1, 0.15) is 24.2 Å². The molecule has 1 atom stereocenters. The number of ether oxygens (including phenoxy) is 1. The summed E-state index contributed by atoms with van der Waals surface area (Å²) < 4.78 is 5.94. The van der Waals surface area contributed by atoms with Crippen LogP contribution in [-0.2, 0) is 4.74 Å². The Hall–Kier alpha value is -1.07. The molecule has 94 valence electrons. The first-order valence-electron chi connectivity index (χ1n) is 5.43. The molecule has 1 rings (SSSR count). The average molecular weight is 302 g/mol. The van der Waals surface area contributed by atoms with Gasteiger partial charge in [0.15, 0.2) is 0 Å². The fourth-order valence-corrected chi connectivity index (χ4v) is 2.02. The molecule has 0 aliphatic carbocycles. The molecule has 2 N–H and O–H groups in total. The highest BCUT2D eigenvalue weighted by Crippen LogP contribution is 2.24.